The molecule has 2 aliphatic rings. The molecule has 2 heterocycles. The van der Waals surface area contributed by atoms with E-state index in [-0.39, 0.29) is 11.1 Å². The van der Waals surface area contributed by atoms with Crippen LogP contribution in [0.3, 0.4) is 0 Å². The van der Waals surface area contributed by atoms with E-state index in [1.54, 1.807) is 6.08 Å². The van der Waals surface area contributed by atoms with Crippen LogP contribution in [-0.4, -0.2) is 46.3 Å². The van der Waals surface area contributed by atoms with E-state index in [0.717, 1.165) is 30.4 Å². The molecule has 0 aliphatic carbocycles. The summed E-state index contributed by atoms with van der Waals surface area (Å²) < 4.78 is 44.2. The van der Waals surface area contributed by atoms with E-state index in [2.05, 4.69) is 4.90 Å². The highest BCUT2D eigenvalue weighted by Gasteiger charge is 2.35. The van der Waals surface area contributed by atoms with Crippen LogP contribution in [0.1, 0.15) is 15.9 Å². The van der Waals surface area contributed by atoms with Crippen molar-refractivity contribution < 1.29 is 22.3 Å². The van der Waals surface area contributed by atoms with Gasteiger partial charge in [0.25, 0.3) is 0 Å². The molecule has 140 valence electrons. The Morgan fingerprint density at radius 3 is 2.44 bits per heavy atom. The molecule has 2 aromatic carbocycles. The molecule has 4 rings (SSSR count). The molecule has 7 heteroatoms. The van der Waals surface area contributed by atoms with Gasteiger partial charge in [-0.1, -0.05) is 18.2 Å². The van der Waals surface area contributed by atoms with Gasteiger partial charge in [0.15, 0.2) is 15.6 Å². The lowest BCUT2D eigenvalue weighted by Crippen LogP contribution is -2.36. The molecule has 0 N–H and O–H groups in total. The fourth-order valence-corrected chi connectivity index (χ4v) is 5.06. The second-order valence-electron chi connectivity index (χ2n) is 6.57. The molecule has 0 unspecified atom stereocenters. The Morgan fingerprint density at radius 1 is 1.04 bits per heavy atom. The summed E-state index contributed by atoms with van der Waals surface area (Å²) in [6.07, 6.45) is 1.57. The number of hydrogen-bond donors (Lipinski definition) is 0. The van der Waals surface area contributed by atoms with E-state index in [9.17, 15) is 17.6 Å². The van der Waals surface area contributed by atoms with Crippen LogP contribution >= 0.6 is 0 Å². The fraction of sp³-hybridized carbons (Fsp3) is 0.250. The van der Waals surface area contributed by atoms with E-state index in [4.69, 9.17) is 4.74 Å². The second-order valence-corrected chi connectivity index (χ2v) is 8.49. The summed E-state index contributed by atoms with van der Waals surface area (Å²) >= 11 is 0. The van der Waals surface area contributed by atoms with Gasteiger partial charge in [-0.05, 0) is 35.9 Å². The fourth-order valence-electron chi connectivity index (χ4n) is 3.43. The minimum Gasteiger partial charge on any atom is -0.378 e. The molecule has 5 nitrogen and oxygen atoms in total. The summed E-state index contributed by atoms with van der Waals surface area (Å²) in [6.45, 7) is 3.02. The van der Waals surface area contributed by atoms with Crippen molar-refractivity contribution in [3.63, 3.8) is 0 Å². The average Bonchev–Trinajstić information content (AvgIpc) is 2.67. The third-order valence-electron chi connectivity index (χ3n) is 4.77. The van der Waals surface area contributed by atoms with Crippen molar-refractivity contribution in [2.75, 3.05) is 37.0 Å². The number of anilines is 1. The minimum absolute atomic E-state index is 0.0996. The predicted molar refractivity (Wildman–Crippen MR) is 100 cm³/mol. The van der Waals surface area contributed by atoms with Gasteiger partial charge in [-0.2, -0.15) is 0 Å². The zero-order valence-electron chi connectivity index (χ0n) is 14.5. The number of Topliss-reactive ketones (excluding diaryl/α,β-unsaturated/α-hetero) is 1. The number of hydrogen-bond acceptors (Lipinski definition) is 5. The van der Waals surface area contributed by atoms with Crippen molar-refractivity contribution in [1.29, 1.82) is 0 Å². The van der Waals surface area contributed by atoms with Crippen molar-refractivity contribution in [3.8, 4) is 0 Å². The summed E-state index contributed by atoms with van der Waals surface area (Å²) in [4.78, 5) is 14.4. The Morgan fingerprint density at radius 2 is 1.74 bits per heavy atom. The van der Waals surface area contributed by atoms with Crippen molar-refractivity contribution in [2.45, 2.75) is 4.90 Å². The highest BCUT2D eigenvalue weighted by Crippen LogP contribution is 2.31. The van der Waals surface area contributed by atoms with Crippen LogP contribution in [0.4, 0.5) is 10.1 Å². The molecular weight excluding hydrogens is 369 g/mol. The monoisotopic (exact) mass is 387 g/mol. The summed E-state index contributed by atoms with van der Waals surface area (Å²) in [5, 5.41) is 0. The third-order valence-corrected chi connectivity index (χ3v) is 6.50. The minimum atomic E-state index is -3.89. The van der Waals surface area contributed by atoms with Gasteiger partial charge in [-0.25, -0.2) is 12.8 Å². The molecule has 0 atom stereocenters. The molecule has 0 radical (unpaired) electrons. The van der Waals surface area contributed by atoms with Gasteiger partial charge >= 0.3 is 0 Å². The molecular formula is C20H18FNO4S. The van der Waals surface area contributed by atoms with Crippen LogP contribution in [0.2, 0.25) is 0 Å². The summed E-state index contributed by atoms with van der Waals surface area (Å²) in [7, 11) is -3.89. The summed E-state index contributed by atoms with van der Waals surface area (Å²) in [5.74, 6) is -1.82. The predicted octanol–water partition coefficient (Wildman–Crippen LogP) is 2.72. The summed E-state index contributed by atoms with van der Waals surface area (Å²) in [6, 6.07) is 11.3. The van der Waals surface area contributed by atoms with E-state index in [0.29, 0.717) is 13.2 Å². The van der Waals surface area contributed by atoms with Gasteiger partial charge < -0.3 is 9.64 Å². The molecule has 0 aromatic heterocycles. The number of benzene rings is 2. The van der Waals surface area contributed by atoms with E-state index >= 15 is 0 Å². The van der Waals surface area contributed by atoms with Crippen molar-refractivity contribution >= 4 is 27.4 Å². The van der Waals surface area contributed by atoms with Crippen LogP contribution in [0.5, 0.6) is 0 Å². The van der Waals surface area contributed by atoms with Crippen LogP contribution in [0.25, 0.3) is 6.08 Å². The topological polar surface area (TPSA) is 63.7 Å². The molecule has 0 saturated carbocycles. The smallest absolute Gasteiger partial charge is 0.191 e. The Balaban J connectivity index is 1.65. The van der Waals surface area contributed by atoms with Gasteiger partial charge in [0, 0.05) is 29.9 Å². The van der Waals surface area contributed by atoms with Gasteiger partial charge in [0.05, 0.1) is 19.0 Å². The van der Waals surface area contributed by atoms with E-state index in [1.165, 1.54) is 12.1 Å². The van der Waals surface area contributed by atoms with E-state index in [1.807, 2.05) is 24.3 Å². The lowest BCUT2D eigenvalue weighted by atomic mass is 10.0. The molecule has 2 aliphatic heterocycles. The molecule has 1 fully saturated rings. The molecule has 0 amide bonds. The zero-order valence-corrected chi connectivity index (χ0v) is 15.3. The number of halogens is 1. The Bertz CT molecular complexity index is 1020. The standard InChI is InChI=1S/C20H18FNO4S/c21-18-3-1-2-17-19(23)15(13-27(24,25)20(17)18)12-14-4-6-16(7-5-14)22-8-10-26-11-9-22/h1-7,12H,8-11,13H2/b15-12-. The first kappa shape index (κ1) is 17.9. The normalized spacial score (nSPS) is 20.6. The Hall–Kier alpha value is -2.51. The number of carbonyl (C=O) groups is 1. The van der Waals surface area contributed by atoms with Crippen LogP contribution in [-0.2, 0) is 14.6 Å². The first-order valence-corrected chi connectivity index (χ1v) is 10.3. The summed E-state index contributed by atoms with van der Waals surface area (Å²) in [5.41, 5.74) is 1.82. The van der Waals surface area contributed by atoms with Gasteiger partial charge in [0.2, 0.25) is 0 Å². The van der Waals surface area contributed by atoms with Gasteiger partial charge in [0.1, 0.15) is 10.7 Å². The zero-order chi connectivity index (χ0) is 19.0. The van der Waals surface area contributed by atoms with Gasteiger partial charge in [-0.3, -0.25) is 4.79 Å². The molecule has 0 spiro atoms. The SMILES string of the molecule is O=C1/C(=C\c2ccc(N3CCOCC3)cc2)CS(=O)(=O)c2c(F)cccc21. The second kappa shape index (κ2) is 6.90. The third kappa shape index (κ3) is 3.40. The first-order chi connectivity index (χ1) is 13.0. The highest BCUT2D eigenvalue weighted by molar-refractivity contribution is 7.92. The maximum absolute atomic E-state index is 14.0. The number of carbonyl (C=O) groups excluding carboxylic acids is 1. The maximum atomic E-state index is 14.0. The number of ketones is 1. The van der Waals surface area contributed by atoms with Crippen molar-refractivity contribution in [1.82, 2.24) is 0 Å². The Kier molecular flexibility index (Phi) is 4.57. The van der Waals surface area contributed by atoms with Gasteiger partial charge in [-0.15, -0.1) is 0 Å². The quantitative estimate of drug-likeness (QED) is 0.742. The number of fused-ring (bicyclic) bond motifs is 1. The largest absolute Gasteiger partial charge is 0.378 e. The highest BCUT2D eigenvalue weighted by atomic mass is 32.2. The van der Waals surface area contributed by atoms with Crippen LogP contribution in [0.15, 0.2) is 52.9 Å². The first-order valence-electron chi connectivity index (χ1n) is 8.65. The number of morpholine rings is 1. The van der Waals surface area contributed by atoms with Crippen molar-refractivity contribution in [2.24, 2.45) is 0 Å². The Labute approximate surface area is 157 Å². The van der Waals surface area contributed by atoms with Crippen LogP contribution in [0, 0.1) is 5.82 Å². The van der Waals surface area contributed by atoms with E-state index < -0.39 is 32.1 Å². The molecule has 27 heavy (non-hydrogen) atoms. The number of ether oxygens (including phenoxy) is 1. The molecule has 1 saturated heterocycles. The molecule has 0 bridgehead atoms. The lowest BCUT2D eigenvalue weighted by Gasteiger charge is -2.28. The lowest BCUT2D eigenvalue weighted by molar-refractivity contribution is 0.103. The number of nitrogens with zero attached hydrogens (tertiary/aromatic N) is 1. The maximum Gasteiger partial charge on any atom is 0.191 e. The molecule has 2 aromatic rings. The van der Waals surface area contributed by atoms with Crippen molar-refractivity contribution in [3.05, 3.63) is 65.0 Å². The van der Waals surface area contributed by atoms with Crippen LogP contribution < -0.4 is 4.90 Å². The average molecular weight is 387 g/mol. The number of rotatable bonds is 2. The number of sulfone groups is 1.